The third-order valence-electron chi connectivity index (χ3n) is 1.88. The van der Waals surface area contributed by atoms with Gasteiger partial charge in [0.25, 0.3) is 0 Å². The molecule has 0 aliphatic carbocycles. The lowest BCUT2D eigenvalue weighted by Gasteiger charge is -2.10. The van der Waals surface area contributed by atoms with E-state index < -0.39 is 15.3 Å². The van der Waals surface area contributed by atoms with E-state index >= 15 is 0 Å². The molecule has 5 nitrogen and oxygen atoms in total. The van der Waals surface area contributed by atoms with E-state index in [4.69, 9.17) is 5.73 Å². The quantitative estimate of drug-likeness (QED) is 0.795. The van der Waals surface area contributed by atoms with E-state index in [-0.39, 0.29) is 6.54 Å². The fraction of sp³-hybridized carbons (Fsp3) is 0.444. The van der Waals surface area contributed by atoms with Crippen molar-refractivity contribution in [3.05, 3.63) is 23.9 Å². The molecule has 0 bridgehead atoms. The van der Waals surface area contributed by atoms with Crippen molar-refractivity contribution >= 4 is 15.8 Å². The minimum Gasteiger partial charge on any atom is -0.325 e. The molecular weight excluding hydrogens is 214 g/mol. The molecule has 1 aromatic rings. The summed E-state index contributed by atoms with van der Waals surface area (Å²) in [5.41, 5.74) is 6.05. The Kier molecular flexibility index (Phi) is 3.65. The Bertz CT molecular complexity index is 429. The molecule has 0 radical (unpaired) electrons. The van der Waals surface area contributed by atoms with Gasteiger partial charge in [0.2, 0.25) is 10.0 Å². The molecule has 84 valence electrons. The molecule has 6 heteroatoms. The van der Waals surface area contributed by atoms with Crippen molar-refractivity contribution in [1.29, 1.82) is 0 Å². The van der Waals surface area contributed by atoms with Crippen LogP contribution in [0.1, 0.15) is 19.5 Å². The highest BCUT2D eigenvalue weighted by Crippen LogP contribution is 2.09. The molecule has 0 aromatic carbocycles. The highest BCUT2D eigenvalue weighted by atomic mass is 32.2. The number of nitrogens with two attached hydrogens (primary N) is 1. The first kappa shape index (κ1) is 11.9. The number of rotatable bonds is 4. The van der Waals surface area contributed by atoms with E-state index in [9.17, 15) is 8.42 Å². The normalized spacial score (nSPS) is 11.7. The molecule has 0 amide bonds. The minimum atomic E-state index is -3.33. The predicted molar refractivity (Wildman–Crippen MR) is 59.8 cm³/mol. The zero-order chi connectivity index (χ0) is 11.5. The van der Waals surface area contributed by atoms with Gasteiger partial charge in [-0.15, -0.1) is 0 Å². The van der Waals surface area contributed by atoms with Gasteiger partial charge in [-0.05, 0) is 26.0 Å². The van der Waals surface area contributed by atoms with Crippen molar-refractivity contribution in [2.75, 3.05) is 4.72 Å². The van der Waals surface area contributed by atoms with E-state index in [1.54, 1.807) is 32.0 Å². The monoisotopic (exact) mass is 229 g/mol. The maximum Gasteiger partial charge on any atom is 0.236 e. The Morgan fingerprint density at radius 3 is 2.67 bits per heavy atom. The van der Waals surface area contributed by atoms with Crippen LogP contribution in [-0.2, 0) is 16.6 Å². The van der Waals surface area contributed by atoms with Crippen molar-refractivity contribution in [1.82, 2.24) is 4.98 Å². The van der Waals surface area contributed by atoms with Gasteiger partial charge in [0.05, 0.1) is 10.9 Å². The molecule has 0 aliphatic rings. The van der Waals surface area contributed by atoms with Gasteiger partial charge >= 0.3 is 0 Å². The molecule has 0 spiro atoms. The van der Waals surface area contributed by atoms with Crippen molar-refractivity contribution in [3.8, 4) is 0 Å². The van der Waals surface area contributed by atoms with Gasteiger partial charge < -0.3 is 5.73 Å². The first-order valence-corrected chi connectivity index (χ1v) is 6.18. The van der Waals surface area contributed by atoms with Crippen molar-refractivity contribution in [2.45, 2.75) is 25.6 Å². The third-order valence-corrected chi connectivity index (χ3v) is 3.62. The maximum atomic E-state index is 11.5. The third kappa shape index (κ3) is 3.17. The molecule has 0 atom stereocenters. The van der Waals surface area contributed by atoms with Crippen molar-refractivity contribution < 1.29 is 8.42 Å². The SMILES string of the molecule is CC(C)S(=O)(=O)Nc1cccc(CN)n1. The average Bonchev–Trinajstić information content (AvgIpc) is 2.17. The van der Waals surface area contributed by atoms with Gasteiger partial charge in [-0.25, -0.2) is 13.4 Å². The number of hydrogen-bond donors (Lipinski definition) is 2. The number of nitrogens with zero attached hydrogens (tertiary/aromatic N) is 1. The Labute approximate surface area is 89.8 Å². The second-order valence-corrected chi connectivity index (χ2v) is 5.65. The molecule has 3 N–H and O–H groups in total. The summed E-state index contributed by atoms with van der Waals surface area (Å²) in [4.78, 5) is 4.04. The molecule has 0 saturated heterocycles. The second-order valence-electron chi connectivity index (χ2n) is 3.41. The van der Waals surface area contributed by atoms with Crippen molar-refractivity contribution in [3.63, 3.8) is 0 Å². The van der Waals surface area contributed by atoms with E-state index in [0.29, 0.717) is 11.5 Å². The smallest absolute Gasteiger partial charge is 0.236 e. The van der Waals surface area contributed by atoms with Gasteiger partial charge in [0.1, 0.15) is 5.82 Å². The molecule has 0 fully saturated rings. The van der Waals surface area contributed by atoms with E-state index in [1.807, 2.05) is 0 Å². The highest BCUT2D eigenvalue weighted by molar-refractivity contribution is 7.93. The molecule has 15 heavy (non-hydrogen) atoms. The van der Waals surface area contributed by atoms with Crippen LogP contribution in [0.25, 0.3) is 0 Å². The van der Waals surface area contributed by atoms with Crippen LogP contribution in [0.3, 0.4) is 0 Å². The summed E-state index contributed by atoms with van der Waals surface area (Å²) in [6.07, 6.45) is 0. The van der Waals surface area contributed by atoms with E-state index in [0.717, 1.165) is 0 Å². The second kappa shape index (κ2) is 4.59. The first-order chi connectivity index (χ1) is 6.95. The molecule has 0 unspecified atom stereocenters. The van der Waals surface area contributed by atoms with E-state index in [2.05, 4.69) is 9.71 Å². The molecule has 1 heterocycles. The van der Waals surface area contributed by atoms with Crippen molar-refractivity contribution in [2.24, 2.45) is 5.73 Å². The van der Waals surface area contributed by atoms with Crippen LogP contribution in [-0.4, -0.2) is 18.7 Å². The first-order valence-electron chi connectivity index (χ1n) is 4.63. The zero-order valence-electron chi connectivity index (χ0n) is 8.77. The fourth-order valence-electron chi connectivity index (χ4n) is 0.914. The lowest BCUT2D eigenvalue weighted by atomic mass is 10.3. The fourth-order valence-corrected chi connectivity index (χ4v) is 1.55. The Morgan fingerprint density at radius 1 is 1.47 bits per heavy atom. The largest absolute Gasteiger partial charge is 0.325 e. The number of sulfonamides is 1. The van der Waals surface area contributed by atoms with Crippen LogP contribution in [0.2, 0.25) is 0 Å². The number of hydrogen-bond acceptors (Lipinski definition) is 4. The van der Waals surface area contributed by atoms with Crippen LogP contribution >= 0.6 is 0 Å². The summed E-state index contributed by atoms with van der Waals surface area (Å²) >= 11 is 0. The summed E-state index contributed by atoms with van der Waals surface area (Å²) < 4.78 is 25.4. The summed E-state index contributed by atoms with van der Waals surface area (Å²) in [7, 11) is -3.33. The highest BCUT2D eigenvalue weighted by Gasteiger charge is 2.15. The van der Waals surface area contributed by atoms with E-state index in [1.165, 1.54) is 0 Å². The Balaban J connectivity index is 2.90. The van der Waals surface area contributed by atoms with Gasteiger partial charge in [0.15, 0.2) is 0 Å². The molecule has 1 aromatic heterocycles. The topological polar surface area (TPSA) is 85.1 Å². The predicted octanol–water partition coefficient (Wildman–Crippen LogP) is 0.690. The average molecular weight is 229 g/mol. The number of aromatic nitrogens is 1. The van der Waals surface area contributed by atoms with Gasteiger partial charge in [0, 0.05) is 6.54 Å². The lowest BCUT2D eigenvalue weighted by Crippen LogP contribution is -2.23. The summed E-state index contributed by atoms with van der Waals surface area (Å²) in [6.45, 7) is 3.50. The standard InChI is InChI=1S/C9H15N3O2S/c1-7(2)15(13,14)12-9-5-3-4-8(6-10)11-9/h3-5,7H,6,10H2,1-2H3,(H,11,12). The number of nitrogens with one attached hydrogen (secondary N) is 1. The van der Waals surface area contributed by atoms with Crippen LogP contribution in [0.4, 0.5) is 5.82 Å². The number of anilines is 1. The van der Waals surface area contributed by atoms with Crippen LogP contribution in [0.5, 0.6) is 0 Å². The van der Waals surface area contributed by atoms with Crippen LogP contribution in [0, 0.1) is 0 Å². The summed E-state index contributed by atoms with van der Waals surface area (Å²) in [6, 6.07) is 5.06. The molecule has 1 rings (SSSR count). The molecule has 0 aliphatic heterocycles. The Hall–Kier alpha value is -1.14. The van der Waals surface area contributed by atoms with Gasteiger partial charge in [-0.3, -0.25) is 4.72 Å². The maximum absolute atomic E-state index is 11.5. The zero-order valence-corrected chi connectivity index (χ0v) is 9.58. The molecule has 0 saturated carbocycles. The number of pyridine rings is 1. The Morgan fingerprint density at radius 2 is 2.13 bits per heavy atom. The molecular formula is C9H15N3O2S. The van der Waals surface area contributed by atoms with Gasteiger partial charge in [-0.2, -0.15) is 0 Å². The van der Waals surface area contributed by atoms with Gasteiger partial charge in [-0.1, -0.05) is 6.07 Å². The lowest BCUT2D eigenvalue weighted by molar-refractivity contribution is 0.592. The summed E-state index contributed by atoms with van der Waals surface area (Å²) in [5, 5.41) is -0.485. The summed E-state index contributed by atoms with van der Waals surface area (Å²) in [5.74, 6) is 0.312. The van der Waals surface area contributed by atoms with Crippen LogP contribution < -0.4 is 10.5 Å². The van der Waals surface area contributed by atoms with Crippen LogP contribution in [0.15, 0.2) is 18.2 Å². The minimum absolute atomic E-state index is 0.289.